The van der Waals surface area contributed by atoms with Crippen LogP contribution in [0.1, 0.15) is 31.9 Å². The van der Waals surface area contributed by atoms with Gasteiger partial charge >= 0.3 is 0 Å². The highest BCUT2D eigenvalue weighted by Crippen LogP contribution is 2.38. The lowest BCUT2D eigenvalue weighted by Crippen LogP contribution is -2.31. The van der Waals surface area contributed by atoms with Gasteiger partial charge in [0.05, 0.1) is 30.2 Å². The number of benzene rings is 1. The molecule has 7 nitrogen and oxygen atoms in total. The molecule has 1 aromatic carbocycles. The summed E-state index contributed by atoms with van der Waals surface area (Å²) < 4.78 is 4.90. The average molecular weight is 321 g/mol. The molecule has 0 bridgehead atoms. The van der Waals surface area contributed by atoms with Crippen LogP contribution >= 0.6 is 12.4 Å². The molecular formula is C13H21ClN2O5. The van der Waals surface area contributed by atoms with Crippen LogP contribution in [0.2, 0.25) is 0 Å². The number of aliphatic hydroxyl groups is 1. The lowest BCUT2D eigenvalue weighted by molar-refractivity contribution is -0.385. The third-order valence-electron chi connectivity index (χ3n) is 3.47. The van der Waals surface area contributed by atoms with Gasteiger partial charge < -0.3 is 20.7 Å². The summed E-state index contributed by atoms with van der Waals surface area (Å²) in [6.45, 7) is 3.71. The maximum Gasteiger partial charge on any atom is 0.273 e. The zero-order valence-corrected chi connectivity index (χ0v) is 13.0. The van der Waals surface area contributed by atoms with E-state index >= 15 is 0 Å². The van der Waals surface area contributed by atoms with E-state index in [0.717, 1.165) is 12.1 Å². The van der Waals surface area contributed by atoms with Crippen molar-refractivity contribution in [2.75, 3.05) is 7.11 Å². The fourth-order valence-electron chi connectivity index (χ4n) is 1.91. The smallest absolute Gasteiger partial charge is 0.273 e. The molecule has 21 heavy (non-hydrogen) atoms. The number of nitrogens with two attached hydrogens (primary N) is 1. The topological polar surface area (TPSA) is 119 Å². The van der Waals surface area contributed by atoms with Crippen molar-refractivity contribution < 1.29 is 19.9 Å². The summed E-state index contributed by atoms with van der Waals surface area (Å²) in [7, 11) is 1.29. The Morgan fingerprint density at radius 3 is 2.48 bits per heavy atom. The molecule has 0 aromatic heterocycles. The van der Waals surface area contributed by atoms with Gasteiger partial charge in [0.2, 0.25) is 0 Å². The number of hydrogen-bond acceptors (Lipinski definition) is 6. The van der Waals surface area contributed by atoms with E-state index in [1.807, 2.05) is 13.8 Å². The van der Waals surface area contributed by atoms with Crippen molar-refractivity contribution in [3.8, 4) is 11.5 Å². The maximum absolute atomic E-state index is 10.9. The van der Waals surface area contributed by atoms with Gasteiger partial charge in [-0.25, -0.2) is 0 Å². The van der Waals surface area contributed by atoms with Crippen molar-refractivity contribution in [1.29, 1.82) is 0 Å². The number of ether oxygens (including phenoxy) is 1. The molecule has 0 radical (unpaired) electrons. The number of aliphatic hydroxyl groups excluding tert-OH is 1. The minimum atomic E-state index is -0.932. The Labute approximate surface area is 129 Å². The van der Waals surface area contributed by atoms with E-state index in [0.29, 0.717) is 6.42 Å². The number of rotatable bonds is 6. The van der Waals surface area contributed by atoms with E-state index in [4.69, 9.17) is 10.5 Å². The highest BCUT2D eigenvalue weighted by molar-refractivity contribution is 5.85. The van der Waals surface area contributed by atoms with Crippen molar-refractivity contribution in [2.24, 2.45) is 11.7 Å². The number of halogens is 1. The summed E-state index contributed by atoms with van der Waals surface area (Å²) in [5.41, 5.74) is 5.77. The van der Waals surface area contributed by atoms with Crippen LogP contribution in [-0.4, -0.2) is 28.4 Å². The number of nitro benzene ring substituents is 1. The summed E-state index contributed by atoms with van der Waals surface area (Å²) in [6, 6.07) is 1.34. The fourth-order valence-corrected chi connectivity index (χ4v) is 1.91. The second kappa shape index (κ2) is 8.02. The van der Waals surface area contributed by atoms with E-state index in [-0.39, 0.29) is 41.1 Å². The van der Waals surface area contributed by atoms with Crippen LogP contribution in [-0.2, 0) is 0 Å². The van der Waals surface area contributed by atoms with Gasteiger partial charge in [-0.3, -0.25) is 10.1 Å². The van der Waals surface area contributed by atoms with Crippen LogP contribution in [0, 0.1) is 16.0 Å². The lowest BCUT2D eigenvalue weighted by atomic mass is 9.91. The van der Waals surface area contributed by atoms with Crippen LogP contribution in [0.15, 0.2) is 12.1 Å². The van der Waals surface area contributed by atoms with Crippen LogP contribution < -0.4 is 10.5 Å². The van der Waals surface area contributed by atoms with Gasteiger partial charge in [-0.1, -0.05) is 20.3 Å². The SMILES string of the molecule is CCC(C)[C@H](O)[C@H](N)c1cc([N+](=O)[O-])cc(OC)c1O.Cl. The molecule has 0 aliphatic carbocycles. The zero-order chi connectivity index (χ0) is 15.4. The first kappa shape index (κ1) is 19.4. The molecule has 1 aromatic rings. The Morgan fingerprint density at radius 2 is 2.05 bits per heavy atom. The quantitative estimate of drug-likeness (QED) is 0.545. The first-order chi connectivity index (χ1) is 9.33. The third-order valence-corrected chi connectivity index (χ3v) is 3.47. The average Bonchev–Trinajstić information content (AvgIpc) is 2.44. The fraction of sp³-hybridized carbons (Fsp3) is 0.538. The highest BCUT2D eigenvalue weighted by Gasteiger charge is 2.28. The lowest BCUT2D eigenvalue weighted by Gasteiger charge is -2.25. The Bertz CT molecular complexity index is 498. The zero-order valence-electron chi connectivity index (χ0n) is 12.1. The monoisotopic (exact) mass is 320 g/mol. The minimum absolute atomic E-state index is 0. The molecule has 0 saturated carbocycles. The molecule has 0 fully saturated rings. The summed E-state index contributed by atoms with van der Waals surface area (Å²) in [5.74, 6) is -0.427. The van der Waals surface area contributed by atoms with Crippen LogP contribution in [0.5, 0.6) is 11.5 Å². The van der Waals surface area contributed by atoms with Crippen molar-refractivity contribution in [3.05, 3.63) is 27.8 Å². The van der Waals surface area contributed by atoms with E-state index in [1.165, 1.54) is 7.11 Å². The molecule has 0 aliphatic heterocycles. The molecule has 0 spiro atoms. The van der Waals surface area contributed by atoms with E-state index < -0.39 is 17.1 Å². The molecule has 0 heterocycles. The Hall–Kier alpha value is -1.57. The number of nitro groups is 1. The van der Waals surface area contributed by atoms with Crippen LogP contribution in [0.3, 0.4) is 0 Å². The second-order valence-corrected chi connectivity index (χ2v) is 4.74. The maximum atomic E-state index is 10.9. The Morgan fingerprint density at radius 1 is 1.48 bits per heavy atom. The van der Waals surface area contributed by atoms with E-state index in [9.17, 15) is 20.3 Å². The molecular weight excluding hydrogens is 300 g/mol. The molecule has 0 amide bonds. The van der Waals surface area contributed by atoms with E-state index in [2.05, 4.69) is 0 Å². The molecule has 1 unspecified atom stereocenters. The molecule has 4 N–H and O–H groups in total. The molecule has 0 aliphatic rings. The molecule has 1 rings (SSSR count). The largest absolute Gasteiger partial charge is 0.504 e. The van der Waals surface area contributed by atoms with Gasteiger partial charge in [0.15, 0.2) is 11.5 Å². The van der Waals surface area contributed by atoms with Crippen molar-refractivity contribution in [2.45, 2.75) is 32.4 Å². The second-order valence-electron chi connectivity index (χ2n) is 4.74. The first-order valence-corrected chi connectivity index (χ1v) is 6.32. The normalized spacial score (nSPS) is 14.7. The Kier molecular flexibility index (Phi) is 7.42. The number of phenols is 1. The van der Waals surface area contributed by atoms with Crippen molar-refractivity contribution in [3.63, 3.8) is 0 Å². The summed E-state index contributed by atoms with van der Waals surface area (Å²) in [6.07, 6.45) is -0.223. The highest BCUT2D eigenvalue weighted by atomic mass is 35.5. The predicted octanol–water partition coefficient (Wildman–Crippen LogP) is 2.14. The number of hydrogen-bond donors (Lipinski definition) is 3. The van der Waals surface area contributed by atoms with Gasteiger partial charge in [0, 0.05) is 11.6 Å². The molecule has 8 heteroatoms. The van der Waals surface area contributed by atoms with Crippen LogP contribution in [0.4, 0.5) is 5.69 Å². The Balaban J connectivity index is 0.00000400. The number of methoxy groups -OCH3 is 1. The molecule has 0 saturated heterocycles. The van der Waals surface area contributed by atoms with Gasteiger partial charge in [0.1, 0.15) is 0 Å². The summed E-state index contributed by atoms with van der Waals surface area (Å²) in [4.78, 5) is 10.3. The standard InChI is InChI=1S/C13H20N2O5.ClH/c1-4-7(2)12(16)11(14)9-5-8(15(18)19)6-10(20-3)13(9)17;/h5-7,11-12,16-17H,4,14H2,1-3H3;1H/t7?,11-,12+;/m1./s1. The van der Waals surface area contributed by atoms with Gasteiger partial charge in [-0.15, -0.1) is 12.4 Å². The summed E-state index contributed by atoms with van der Waals surface area (Å²) >= 11 is 0. The predicted molar refractivity (Wildman–Crippen MR) is 81.0 cm³/mol. The van der Waals surface area contributed by atoms with Gasteiger partial charge in [-0.05, 0) is 5.92 Å². The van der Waals surface area contributed by atoms with Gasteiger partial charge in [-0.2, -0.15) is 0 Å². The third kappa shape index (κ3) is 4.20. The number of nitrogens with zero attached hydrogens (tertiary/aromatic N) is 1. The minimum Gasteiger partial charge on any atom is -0.504 e. The number of phenolic OH excluding ortho intramolecular Hbond substituents is 1. The number of aromatic hydroxyl groups is 1. The molecule has 120 valence electrons. The van der Waals surface area contributed by atoms with Crippen LogP contribution in [0.25, 0.3) is 0 Å². The van der Waals surface area contributed by atoms with Gasteiger partial charge in [0.25, 0.3) is 5.69 Å². The summed E-state index contributed by atoms with van der Waals surface area (Å²) in [5, 5.41) is 31.0. The van der Waals surface area contributed by atoms with Crippen molar-refractivity contribution >= 4 is 18.1 Å². The number of non-ortho nitro benzene ring substituents is 1. The molecule has 3 atom stereocenters. The first-order valence-electron chi connectivity index (χ1n) is 6.32. The van der Waals surface area contributed by atoms with Crippen molar-refractivity contribution in [1.82, 2.24) is 0 Å². The van der Waals surface area contributed by atoms with E-state index in [1.54, 1.807) is 0 Å².